The summed E-state index contributed by atoms with van der Waals surface area (Å²) in [7, 11) is 0. The lowest BCUT2D eigenvalue weighted by Crippen LogP contribution is -2.14. The Morgan fingerprint density at radius 2 is 2.11 bits per heavy atom. The Labute approximate surface area is 114 Å². The summed E-state index contributed by atoms with van der Waals surface area (Å²) in [6.07, 6.45) is 7.01. The van der Waals surface area contributed by atoms with Gasteiger partial charge >= 0.3 is 0 Å². The first-order valence-corrected chi connectivity index (χ1v) is 7.15. The highest BCUT2D eigenvalue weighted by Gasteiger charge is 2.16. The van der Waals surface area contributed by atoms with Crippen LogP contribution in [0.25, 0.3) is 10.8 Å². The monoisotopic (exact) mass is 256 g/mol. The third-order valence-electron chi connectivity index (χ3n) is 3.75. The van der Waals surface area contributed by atoms with E-state index in [0.29, 0.717) is 12.6 Å². The number of aromatic nitrogens is 1. The van der Waals surface area contributed by atoms with E-state index < -0.39 is 0 Å². The minimum atomic E-state index is 0.597. The smallest absolute Gasteiger partial charge is 0.223 e. The normalized spacial score (nSPS) is 15.8. The molecule has 1 heterocycles. The van der Waals surface area contributed by atoms with E-state index >= 15 is 0 Å². The van der Waals surface area contributed by atoms with Crippen molar-refractivity contribution < 1.29 is 4.74 Å². The van der Waals surface area contributed by atoms with Crippen LogP contribution in [0.3, 0.4) is 0 Å². The largest absolute Gasteiger partial charge is 0.477 e. The van der Waals surface area contributed by atoms with Gasteiger partial charge in [0.15, 0.2) is 0 Å². The van der Waals surface area contributed by atoms with Gasteiger partial charge in [-0.2, -0.15) is 0 Å². The second kappa shape index (κ2) is 5.47. The second-order valence-electron chi connectivity index (χ2n) is 5.08. The Morgan fingerprint density at radius 1 is 1.26 bits per heavy atom. The number of rotatable bonds is 4. The molecule has 0 aliphatic heterocycles. The zero-order chi connectivity index (χ0) is 13.1. The molecule has 1 aromatic heterocycles. The number of benzene rings is 1. The fourth-order valence-electron chi connectivity index (χ4n) is 2.85. The van der Waals surface area contributed by atoms with E-state index in [1.807, 2.05) is 19.2 Å². The maximum Gasteiger partial charge on any atom is 0.223 e. The van der Waals surface area contributed by atoms with Crippen LogP contribution in [0.1, 0.15) is 32.6 Å². The van der Waals surface area contributed by atoms with Crippen LogP contribution in [0.4, 0.5) is 5.69 Å². The number of nitrogens with zero attached hydrogens (tertiary/aromatic N) is 1. The van der Waals surface area contributed by atoms with Gasteiger partial charge in [0.25, 0.3) is 0 Å². The van der Waals surface area contributed by atoms with E-state index in [-0.39, 0.29) is 0 Å². The maximum atomic E-state index is 5.67. The topological polar surface area (TPSA) is 34.1 Å². The minimum Gasteiger partial charge on any atom is -0.477 e. The predicted octanol–water partition coefficient (Wildman–Crippen LogP) is 3.99. The molecule has 1 aliphatic rings. The molecule has 0 bridgehead atoms. The van der Waals surface area contributed by atoms with Gasteiger partial charge in [-0.25, -0.2) is 4.98 Å². The van der Waals surface area contributed by atoms with Gasteiger partial charge in [0.1, 0.15) is 0 Å². The van der Waals surface area contributed by atoms with Crippen LogP contribution in [0.5, 0.6) is 5.88 Å². The summed E-state index contributed by atoms with van der Waals surface area (Å²) in [4.78, 5) is 4.37. The molecule has 100 valence electrons. The van der Waals surface area contributed by atoms with Gasteiger partial charge in [-0.1, -0.05) is 25.0 Å². The van der Waals surface area contributed by atoms with Gasteiger partial charge in [0.2, 0.25) is 5.88 Å². The molecule has 0 saturated heterocycles. The number of hydrogen-bond donors (Lipinski definition) is 1. The van der Waals surface area contributed by atoms with Crippen molar-refractivity contribution in [2.45, 2.75) is 38.6 Å². The molecule has 1 aliphatic carbocycles. The average molecular weight is 256 g/mol. The molecule has 3 heteroatoms. The zero-order valence-electron chi connectivity index (χ0n) is 11.4. The summed E-state index contributed by atoms with van der Waals surface area (Å²) in [5.41, 5.74) is 1.15. The molecule has 0 radical (unpaired) electrons. The van der Waals surface area contributed by atoms with Crippen LogP contribution in [0.15, 0.2) is 30.5 Å². The Morgan fingerprint density at radius 3 is 2.89 bits per heavy atom. The van der Waals surface area contributed by atoms with E-state index in [1.54, 1.807) is 0 Å². The van der Waals surface area contributed by atoms with E-state index in [4.69, 9.17) is 4.74 Å². The van der Waals surface area contributed by atoms with Crippen molar-refractivity contribution in [2.75, 3.05) is 11.9 Å². The molecule has 0 spiro atoms. The number of ether oxygens (including phenoxy) is 1. The quantitative estimate of drug-likeness (QED) is 0.898. The number of nitrogens with one attached hydrogen (secondary N) is 1. The Hall–Kier alpha value is -1.77. The third-order valence-corrected chi connectivity index (χ3v) is 3.75. The number of anilines is 1. The van der Waals surface area contributed by atoms with Gasteiger partial charge in [-0.3, -0.25) is 0 Å². The highest BCUT2D eigenvalue weighted by atomic mass is 16.5. The molecule has 3 nitrogen and oxygen atoms in total. The highest BCUT2D eigenvalue weighted by Crippen LogP contribution is 2.32. The Kier molecular flexibility index (Phi) is 3.53. The summed E-state index contributed by atoms with van der Waals surface area (Å²) in [6.45, 7) is 2.64. The first-order valence-electron chi connectivity index (χ1n) is 7.15. The van der Waals surface area contributed by atoms with Crippen molar-refractivity contribution in [2.24, 2.45) is 0 Å². The fourth-order valence-corrected chi connectivity index (χ4v) is 2.85. The molecule has 1 N–H and O–H groups in total. The molecule has 0 amide bonds. The molecule has 3 rings (SSSR count). The van der Waals surface area contributed by atoms with Crippen LogP contribution in [0, 0.1) is 0 Å². The average Bonchev–Trinajstić information content (AvgIpc) is 2.92. The van der Waals surface area contributed by atoms with E-state index in [0.717, 1.165) is 17.0 Å². The summed E-state index contributed by atoms with van der Waals surface area (Å²) in [5, 5.41) is 5.95. The molecule has 1 aromatic carbocycles. The second-order valence-corrected chi connectivity index (χ2v) is 5.08. The van der Waals surface area contributed by atoms with E-state index in [2.05, 4.69) is 28.5 Å². The highest BCUT2D eigenvalue weighted by molar-refractivity contribution is 5.97. The number of hydrogen-bond acceptors (Lipinski definition) is 3. The molecular formula is C16H20N2O. The van der Waals surface area contributed by atoms with Gasteiger partial charge in [0, 0.05) is 17.9 Å². The van der Waals surface area contributed by atoms with Crippen molar-refractivity contribution in [1.82, 2.24) is 4.98 Å². The summed E-state index contributed by atoms with van der Waals surface area (Å²) in [6, 6.07) is 8.97. The van der Waals surface area contributed by atoms with Crippen molar-refractivity contribution in [3.8, 4) is 5.88 Å². The van der Waals surface area contributed by atoms with Gasteiger partial charge in [-0.15, -0.1) is 0 Å². The van der Waals surface area contributed by atoms with Crippen molar-refractivity contribution in [3.05, 3.63) is 30.5 Å². The SMILES string of the molecule is CCOc1nccc2cccc(NC3CCCC3)c12. The molecule has 19 heavy (non-hydrogen) atoms. The van der Waals surface area contributed by atoms with Crippen LogP contribution < -0.4 is 10.1 Å². The van der Waals surface area contributed by atoms with Crippen molar-refractivity contribution >= 4 is 16.5 Å². The van der Waals surface area contributed by atoms with Crippen LogP contribution >= 0.6 is 0 Å². The standard InChI is InChI=1S/C16H20N2O/c1-2-19-16-15-12(10-11-17-16)6-5-9-14(15)18-13-7-3-4-8-13/h5-6,9-11,13,18H,2-4,7-8H2,1H3. The van der Waals surface area contributed by atoms with Crippen molar-refractivity contribution in [3.63, 3.8) is 0 Å². The molecule has 1 fully saturated rings. The summed E-state index contributed by atoms with van der Waals surface area (Å²) < 4.78 is 5.67. The maximum absolute atomic E-state index is 5.67. The lowest BCUT2D eigenvalue weighted by molar-refractivity contribution is 0.331. The molecule has 1 saturated carbocycles. The van der Waals surface area contributed by atoms with Crippen LogP contribution in [0.2, 0.25) is 0 Å². The first-order chi connectivity index (χ1) is 9.38. The van der Waals surface area contributed by atoms with E-state index in [1.165, 1.54) is 31.1 Å². The zero-order valence-corrected chi connectivity index (χ0v) is 11.4. The Bertz CT molecular complexity index is 556. The van der Waals surface area contributed by atoms with Crippen molar-refractivity contribution in [1.29, 1.82) is 0 Å². The number of fused-ring (bicyclic) bond motifs is 1. The summed E-state index contributed by atoms with van der Waals surface area (Å²) >= 11 is 0. The molecule has 0 unspecified atom stereocenters. The fraction of sp³-hybridized carbons (Fsp3) is 0.438. The summed E-state index contributed by atoms with van der Waals surface area (Å²) in [5.74, 6) is 0.737. The van der Waals surface area contributed by atoms with Gasteiger partial charge in [-0.05, 0) is 37.3 Å². The lowest BCUT2D eigenvalue weighted by Gasteiger charge is -2.17. The Balaban J connectivity index is 2.01. The molecule has 0 atom stereocenters. The van der Waals surface area contributed by atoms with E-state index in [9.17, 15) is 0 Å². The minimum absolute atomic E-state index is 0.597. The predicted molar refractivity (Wildman–Crippen MR) is 78.8 cm³/mol. The number of pyridine rings is 1. The van der Waals surface area contributed by atoms with Gasteiger partial charge in [0.05, 0.1) is 12.0 Å². The molecular weight excluding hydrogens is 236 g/mol. The van der Waals surface area contributed by atoms with Gasteiger partial charge < -0.3 is 10.1 Å². The van der Waals surface area contributed by atoms with Crippen LogP contribution in [-0.2, 0) is 0 Å². The first kappa shape index (κ1) is 12.3. The van der Waals surface area contributed by atoms with Crippen LogP contribution in [-0.4, -0.2) is 17.6 Å². The molecule has 2 aromatic rings. The third kappa shape index (κ3) is 2.50. The lowest BCUT2D eigenvalue weighted by atomic mass is 10.1.